The van der Waals surface area contributed by atoms with Crippen LogP contribution in [0.15, 0.2) is 24.3 Å². The summed E-state index contributed by atoms with van der Waals surface area (Å²) in [6.07, 6.45) is 9.58. The van der Waals surface area contributed by atoms with Crippen LogP contribution in [0.2, 0.25) is 0 Å². The summed E-state index contributed by atoms with van der Waals surface area (Å²) in [5, 5.41) is 0. The Morgan fingerprint density at radius 3 is 2.44 bits per heavy atom. The number of halogens is 3. The van der Waals surface area contributed by atoms with Gasteiger partial charge in [0.2, 0.25) is 0 Å². The van der Waals surface area contributed by atoms with Gasteiger partial charge in [-0.15, -0.1) is 13.2 Å². The third-order valence-corrected chi connectivity index (χ3v) is 5.85. The molecule has 2 saturated carbocycles. The number of hydrogen-bond acceptors (Lipinski definition) is 2. The maximum Gasteiger partial charge on any atom is 0.573 e. The minimum absolute atomic E-state index is 0.189. The highest BCUT2D eigenvalue weighted by Crippen LogP contribution is 2.38. The molecule has 1 aromatic rings. The smallest absolute Gasteiger partial charge is 0.490 e. The highest BCUT2D eigenvalue weighted by atomic mass is 19.4. The zero-order valence-corrected chi connectivity index (χ0v) is 16.0. The second-order valence-corrected chi connectivity index (χ2v) is 7.84. The number of ether oxygens (including phenoxy) is 2. The molecule has 1 aromatic carbocycles. The SMILES string of the molecule is Cc1c(C/C=C/C2CCC2)ccc(OCCC2CCCC2)c1OC(F)(F)F. The molecule has 2 aliphatic rings. The van der Waals surface area contributed by atoms with E-state index < -0.39 is 6.36 Å². The lowest BCUT2D eigenvalue weighted by molar-refractivity contribution is -0.275. The van der Waals surface area contributed by atoms with E-state index in [4.69, 9.17) is 4.74 Å². The second kappa shape index (κ2) is 9.03. The molecule has 150 valence electrons. The average molecular weight is 382 g/mol. The largest absolute Gasteiger partial charge is 0.573 e. The lowest BCUT2D eigenvalue weighted by Gasteiger charge is -2.21. The van der Waals surface area contributed by atoms with Crippen LogP contribution in [0.25, 0.3) is 0 Å². The Hall–Kier alpha value is -1.65. The molecular formula is C22H29F3O2. The number of rotatable bonds is 8. The van der Waals surface area contributed by atoms with Crippen molar-refractivity contribution in [2.75, 3.05) is 6.61 Å². The summed E-state index contributed by atoms with van der Waals surface area (Å²) in [5.74, 6) is 1.27. The molecule has 0 N–H and O–H groups in total. The summed E-state index contributed by atoms with van der Waals surface area (Å²) in [4.78, 5) is 0. The van der Waals surface area contributed by atoms with Gasteiger partial charge in [-0.25, -0.2) is 0 Å². The van der Waals surface area contributed by atoms with E-state index in [0.717, 1.165) is 12.0 Å². The van der Waals surface area contributed by atoms with Gasteiger partial charge in [0.05, 0.1) is 6.61 Å². The van der Waals surface area contributed by atoms with Gasteiger partial charge in [-0.05, 0) is 61.6 Å². The summed E-state index contributed by atoms with van der Waals surface area (Å²) in [6, 6.07) is 3.48. The first-order chi connectivity index (χ1) is 12.9. The van der Waals surface area contributed by atoms with E-state index in [0.29, 0.717) is 30.4 Å². The average Bonchev–Trinajstić information content (AvgIpc) is 3.07. The monoisotopic (exact) mass is 382 g/mol. The van der Waals surface area contributed by atoms with Gasteiger partial charge in [0.25, 0.3) is 0 Å². The zero-order valence-electron chi connectivity index (χ0n) is 16.0. The molecule has 2 aliphatic carbocycles. The molecule has 0 saturated heterocycles. The van der Waals surface area contributed by atoms with Crippen LogP contribution >= 0.6 is 0 Å². The molecule has 0 spiro atoms. The molecule has 0 bridgehead atoms. The molecule has 0 atom stereocenters. The van der Waals surface area contributed by atoms with Gasteiger partial charge in [0.1, 0.15) is 0 Å². The number of alkyl halides is 3. The fourth-order valence-corrected chi connectivity index (χ4v) is 3.94. The van der Waals surface area contributed by atoms with E-state index in [2.05, 4.69) is 16.9 Å². The number of allylic oxidation sites excluding steroid dienone is 2. The highest BCUT2D eigenvalue weighted by Gasteiger charge is 2.33. The Bertz CT molecular complexity index is 642. The van der Waals surface area contributed by atoms with E-state index in [-0.39, 0.29) is 11.5 Å². The third kappa shape index (κ3) is 5.91. The van der Waals surface area contributed by atoms with Crippen molar-refractivity contribution in [3.05, 3.63) is 35.4 Å². The summed E-state index contributed by atoms with van der Waals surface area (Å²) in [6.45, 7) is 2.11. The van der Waals surface area contributed by atoms with Crippen molar-refractivity contribution < 1.29 is 22.6 Å². The van der Waals surface area contributed by atoms with Crippen LogP contribution < -0.4 is 9.47 Å². The fourth-order valence-electron chi connectivity index (χ4n) is 3.94. The Morgan fingerprint density at radius 2 is 1.81 bits per heavy atom. The van der Waals surface area contributed by atoms with E-state index in [1.54, 1.807) is 13.0 Å². The fraction of sp³-hybridized carbons (Fsp3) is 0.636. The van der Waals surface area contributed by atoms with Crippen LogP contribution in [-0.2, 0) is 6.42 Å². The first-order valence-electron chi connectivity index (χ1n) is 10.1. The summed E-state index contributed by atoms with van der Waals surface area (Å²) in [5.41, 5.74) is 1.34. The topological polar surface area (TPSA) is 18.5 Å². The van der Waals surface area contributed by atoms with Gasteiger partial charge in [-0.2, -0.15) is 0 Å². The standard InChI is InChI=1S/C22H29F3O2/c1-16-19(11-5-10-17-8-4-9-17)12-13-20(21(16)27-22(23,24)25)26-15-14-18-6-2-3-7-18/h5,10,12-13,17-18H,2-4,6-9,11,14-15H2,1H3/b10-5+. The molecule has 0 heterocycles. The predicted octanol–water partition coefficient (Wildman–Crippen LogP) is 6.75. The Morgan fingerprint density at radius 1 is 1.07 bits per heavy atom. The molecule has 0 aromatic heterocycles. The normalized spacial score (nSPS) is 18.8. The van der Waals surface area contributed by atoms with Gasteiger partial charge >= 0.3 is 6.36 Å². The zero-order chi connectivity index (χ0) is 19.3. The van der Waals surface area contributed by atoms with Crippen molar-refractivity contribution in [3.63, 3.8) is 0 Å². The van der Waals surface area contributed by atoms with Crippen LogP contribution in [-0.4, -0.2) is 13.0 Å². The molecule has 0 radical (unpaired) electrons. The van der Waals surface area contributed by atoms with E-state index in [9.17, 15) is 13.2 Å². The summed E-state index contributed by atoms with van der Waals surface area (Å²) >= 11 is 0. The molecule has 0 aliphatic heterocycles. The van der Waals surface area contributed by atoms with Crippen LogP contribution in [0.4, 0.5) is 13.2 Å². The lowest BCUT2D eigenvalue weighted by atomic mass is 9.85. The summed E-state index contributed by atoms with van der Waals surface area (Å²) in [7, 11) is 0. The maximum absolute atomic E-state index is 12.9. The van der Waals surface area contributed by atoms with Crippen LogP contribution in [0, 0.1) is 18.8 Å². The van der Waals surface area contributed by atoms with Crippen LogP contribution in [0.1, 0.15) is 62.5 Å². The van der Waals surface area contributed by atoms with Crippen molar-refractivity contribution in [2.24, 2.45) is 11.8 Å². The number of hydrogen-bond donors (Lipinski definition) is 0. The van der Waals surface area contributed by atoms with Crippen molar-refractivity contribution in [1.82, 2.24) is 0 Å². The minimum Gasteiger partial charge on any atom is -0.490 e. The molecule has 2 fully saturated rings. The van der Waals surface area contributed by atoms with Crippen molar-refractivity contribution >= 4 is 0 Å². The van der Waals surface area contributed by atoms with Gasteiger partial charge in [-0.3, -0.25) is 0 Å². The van der Waals surface area contributed by atoms with E-state index >= 15 is 0 Å². The molecule has 0 unspecified atom stereocenters. The van der Waals surface area contributed by atoms with Gasteiger partial charge in [0.15, 0.2) is 11.5 Å². The van der Waals surface area contributed by atoms with E-state index in [1.807, 2.05) is 6.07 Å². The molecule has 3 rings (SSSR count). The predicted molar refractivity (Wildman–Crippen MR) is 100 cm³/mol. The first kappa shape index (κ1) is 20.1. The number of benzene rings is 1. The van der Waals surface area contributed by atoms with E-state index in [1.165, 1.54) is 44.9 Å². The molecule has 5 heteroatoms. The van der Waals surface area contributed by atoms with Gasteiger partial charge in [0, 0.05) is 0 Å². The molecular weight excluding hydrogens is 353 g/mol. The van der Waals surface area contributed by atoms with Crippen molar-refractivity contribution in [3.8, 4) is 11.5 Å². The third-order valence-electron chi connectivity index (χ3n) is 5.85. The Balaban J connectivity index is 1.68. The molecule has 2 nitrogen and oxygen atoms in total. The Kier molecular flexibility index (Phi) is 6.72. The molecule has 0 amide bonds. The minimum atomic E-state index is -4.73. The quantitative estimate of drug-likeness (QED) is 0.463. The Labute approximate surface area is 159 Å². The van der Waals surface area contributed by atoms with Gasteiger partial charge in [-0.1, -0.05) is 50.3 Å². The van der Waals surface area contributed by atoms with Crippen LogP contribution in [0.3, 0.4) is 0 Å². The maximum atomic E-state index is 12.9. The summed E-state index contributed by atoms with van der Waals surface area (Å²) < 4.78 is 48.8. The first-order valence-corrected chi connectivity index (χ1v) is 10.1. The van der Waals surface area contributed by atoms with Crippen molar-refractivity contribution in [2.45, 2.75) is 71.1 Å². The van der Waals surface area contributed by atoms with Gasteiger partial charge < -0.3 is 9.47 Å². The van der Waals surface area contributed by atoms with Crippen LogP contribution in [0.5, 0.6) is 11.5 Å². The highest BCUT2D eigenvalue weighted by molar-refractivity contribution is 5.50. The molecule has 27 heavy (non-hydrogen) atoms. The second-order valence-electron chi connectivity index (χ2n) is 7.84. The lowest BCUT2D eigenvalue weighted by Crippen LogP contribution is -2.19. The van der Waals surface area contributed by atoms with Crippen molar-refractivity contribution in [1.29, 1.82) is 0 Å².